The molecular weight excluding hydrogens is 335 g/mol. The van der Waals surface area contributed by atoms with Crippen LogP contribution in [0.2, 0.25) is 5.02 Å². The Bertz CT molecular complexity index is 616. The number of halogens is 2. The molecule has 1 fully saturated rings. The molecule has 118 valence electrons. The fraction of sp³-hybridized carbons (Fsp3) is 0.571. The Hall–Kier alpha value is -0.650. The zero-order valence-corrected chi connectivity index (χ0v) is 14.3. The first kappa shape index (κ1) is 16.7. The van der Waals surface area contributed by atoms with Crippen LogP contribution in [0.4, 0.5) is 0 Å². The Labute approximate surface area is 135 Å². The molecule has 0 aromatic heterocycles. The minimum absolute atomic E-state index is 0.188. The highest BCUT2D eigenvalue weighted by Gasteiger charge is 2.37. The lowest BCUT2D eigenvalue weighted by Gasteiger charge is -2.27. The molecule has 0 aliphatic carbocycles. The van der Waals surface area contributed by atoms with Crippen molar-refractivity contribution in [2.45, 2.75) is 29.9 Å². The van der Waals surface area contributed by atoms with Crippen LogP contribution in [0.5, 0.6) is 11.5 Å². The smallest absolute Gasteiger partial charge is 0.154 e. The largest absolute Gasteiger partial charge is 0.495 e. The van der Waals surface area contributed by atoms with Gasteiger partial charge in [0.1, 0.15) is 16.5 Å². The summed E-state index contributed by atoms with van der Waals surface area (Å²) < 4.78 is 34.9. The highest BCUT2D eigenvalue weighted by molar-refractivity contribution is 7.92. The van der Waals surface area contributed by atoms with Gasteiger partial charge in [0.15, 0.2) is 9.84 Å². The first-order valence-corrected chi connectivity index (χ1v) is 9.21. The molecule has 2 atom stereocenters. The predicted molar refractivity (Wildman–Crippen MR) is 84.6 cm³/mol. The second-order valence-electron chi connectivity index (χ2n) is 5.01. The average Bonchev–Trinajstić information content (AvgIpc) is 2.45. The van der Waals surface area contributed by atoms with Gasteiger partial charge < -0.3 is 9.47 Å². The molecule has 0 bridgehead atoms. The van der Waals surface area contributed by atoms with E-state index in [4.69, 9.17) is 32.7 Å². The fourth-order valence-corrected chi connectivity index (χ4v) is 5.68. The molecule has 1 aliphatic heterocycles. The summed E-state index contributed by atoms with van der Waals surface area (Å²) in [6.45, 7) is 0. The third-order valence-electron chi connectivity index (χ3n) is 3.77. The molecule has 21 heavy (non-hydrogen) atoms. The molecule has 0 radical (unpaired) electrons. The molecule has 2 unspecified atom stereocenters. The van der Waals surface area contributed by atoms with Crippen molar-refractivity contribution in [1.82, 2.24) is 0 Å². The van der Waals surface area contributed by atoms with Crippen molar-refractivity contribution < 1.29 is 17.9 Å². The Balaban J connectivity index is 2.43. The lowest BCUT2D eigenvalue weighted by atomic mass is 10.0. The lowest BCUT2D eigenvalue weighted by molar-refractivity contribution is 0.390. The van der Waals surface area contributed by atoms with E-state index < -0.39 is 20.5 Å². The van der Waals surface area contributed by atoms with E-state index in [1.165, 1.54) is 14.2 Å². The summed E-state index contributed by atoms with van der Waals surface area (Å²) in [5.74, 6) is 1.03. The third kappa shape index (κ3) is 3.25. The summed E-state index contributed by atoms with van der Waals surface area (Å²) in [5.41, 5.74) is 0.584. The summed E-state index contributed by atoms with van der Waals surface area (Å²) >= 11 is 12.7. The van der Waals surface area contributed by atoms with Gasteiger partial charge in [0.2, 0.25) is 0 Å². The van der Waals surface area contributed by atoms with Gasteiger partial charge in [0.25, 0.3) is 0 Å². The van der Waals surface area contributed by atoms with Crippen LogP contribution in [0.1, 0.15) is 30.2 Å². The number of hydrogen-bond donors (Lipinski definition) is 0. The summed E-state index contributed by atoms with van der Waals surface area (Å²) in [4.78, 5) is 0. The Morgan fingerprint density at radius 2 is 1.95 bits per heavy atom. The number of benzene rings is 1. The topological polar surface area (TPSA) is 52.6 Å². The molecular formula is C14H18Cl2O4S. The van der Waals surface area contributed by atoms with E-state index in [2.05, 4.69) is 0 Å². The number of alkyl halides is 1. The van der Waals surface area contributed by atoms with Crippen LogP contribution >= 0.6 is 23.2 Å². The van der Waals surface area contributed by atoms with Gasteiger partial charge >= 0.3 is 0 Å². The van der Waals surface area contributed by atoms with E-state index in [9.17, 15) is 8.42 Å². The van der Waals surface area contributed by atoms with Crippen molar-refractivity contribution in [2.24, 2.45) is 0 Å². The Kier molecular flexibility index (Phi) is 5.28. The van der Waals surface area contributed by atoms with Gasteiger partial charge in [-0.1, -0.05) is 18.0 Å². The first-order chi connectivity index (χ1) is 9.92. The van der Waals surface area contributed by atoms with Gasteiger partial charge in [0.05, 0.1) is 30.6 Å². The van der Waals surface area contributed by atoms with Crippen LogP contribution < -0.4 is 9.47 Å². The van der Waals surface area contributed by atoms with Gasteiger partial charge in [-0.15, -0.1) is 11.6 Å². The first-order valence-electron chi connectivity index (χ1n) is 6.68. The van der Waals surface area contributed by atoms with E-state index in [-0.39, 0.29) is 5.75 Å². The molecule has 2 rings (SSSR count). The molecule has 1 aromatic rings. The second-order valence-corrected chi connectivity index (χ2v) is 8.19. The van der Waals surface area contributed by atoms with E-state index in [1.54, 1.807) is 12.1 Å². The second kappa shape index (κ2) is 6.63. The quantitative estimate of drug-likeness (QED) is 0.776. The fourth-order valence-electron chi connectivity index (χ4n) is 2.64. The maximum Gasteiger partial charge on any atom is 0.154 e. The van der Waals surface area contributed by atoms with Gasteiger partial charge in [-0.25, -0.2) is 8.42 Å². The molecule has 1 saturated heterocycles. The van der Waals surface area contributed by atoms with E-state index in [0.29, 0.717) is 34.9 Å². The predicted octanol–water partition coefficient (Wildman–Crippen LogP) is 3.60. The molecule has 1 aliphatic rings. The van der Waals surface area contributed by atoms with Crippen molar-refractivity contribution in [3.8, 4) is 11.5 Å². The maximum absolute atomic E-state index is 12.2. The van der Waals surface area contributed by atoms with Crippen LogP contribution in [0.15, 0.2) is 12.1 Å². The van der Waals surface area contributed by atoms with Crippen molar-refractivity contribution in [3.05, 3.63) is 22.7 Å². The van der Waals surface area contributed by atoms with Gasteiger partial charge in [0, 0.05) is 5.56 Å². The van der Waals surface area contributed by atoms with Gasteiger partial charge in [-0.2, -0.15) is 0 Å². The number of hydrogen-bond acceptors (Lipinski definition) is 4. The Morgan fingerprint density at radius 3 is 2.52 bits per heavy atom. The van der Waals surface area contributed by atoms with Gasteiger partial charge in [-0.05, 0) is 25.0 Å². The zero-order valence-electron chi connectivity index (χ0n) is 11.9. The van der Waals surface area contributed by atoms with Crippen LogP contribution in [0.25, 0.3) is 0 Å². The monoisotopic (exact) mass is 352 g/mol. The third-order valence-corrected chi connectivity index (χ3v) is 7.10. The summed E-state index contributed by atoms with van der Waals surface area (Å²) in [7, 11) is -0.207. The molecule has 0 amide bonds. The number of methoxy groups -OCH3 is 2. The van der Waals surface area contributed by atoms with E-state index >= 15 is 0 Å². The standard InChI is InChI=1S/C14H18Cl2O4S/c1-19-10-7-6-9(14(20-2)13(10)16)12(15)11-5-3-4-8-21(11,17)18/h6-7,11-12H,3-5,8H2,1-2H3. The summed E-state index contributed by atoms with van der Waals surface area (Å²) in [6, 6.07) is 3.39. The minimum atomic E-state index is -3.19. The molecule has 0 spiro atoms. The van der Waals surface area contributed by atoms with Crippen molar-refractivity contribution >= 4 is 33.0 Å². The number of sulfone groups is 1. The van der Waals surface area contributed by atoms with E-state index in [1.807, 2.05) is 0 Å². The number of rotatable bonds is 4. The van der Waals surface area contributed by atoms with Gasteiger partial charge in [-0.3, -0.25) is 0 Å². The highest BCUT2D eigenvalue weighted by atomic mass is 35.5. The number of ether oxygens (including phenoxy) is 2. The van der Waals surface area contributed by atoms with Crippen molar-refractivity contribution in [3.63, 3.8) is 0 Å². The lowest BCUT2D eigenvalue weighted by Crippen LogP contribution is -2.32. The molecule has 0 saturated carbocycles. The molecule has 1 aromatic carbocycles. The minimum Gasteiger partial charge on any atom is -0.495 e. The Morgan fingerprint density at radius 1 is 1.24 bits per heavy atom. The molecule has 4 nitrogen and oxygen atoms in total. The van der Waals surface area contributed by atoms with Crippen LogP contribution in [0, 0.1) is 0 Å². The summed E-state index contributed by atoms with van der Waals surface area (Å²) in [6.07, 6.45) is 2.12. The van der Waals surface area contributed by atoms with E-state index in [0.717, 1.165) is 6.42 Å². The summed E-state index contributed by atoms with van der Waals surface area (Å²) in [5, 5.41) is -0.990. The average molecular weight is 353 g/mol. The normalized spacial score (nSPS) is 22.6. The van der Waals surface area contributed by atoms with Crippen LogP contribution in [-0.4, -0.2) is 33.6 Å². The maximum atomic E-state index is 12.2. The molecule has 7 heteroatoms. The molecule has 1 heterocycles. The zero-order chi connectivity index (χ0) is 15.6. The van der Waals surface area contributed by atoms with Crippen molar-refractivity contribution in [2.75, 3.05) is 20.0 Å². The van der Waals surface area contributed by atoms with Crippen LogP contribution in [0.3, 0.4) is 0 Å². The van der Waals surface area contributed by atoms with Crippen LogP contribution in [-0.2, 0) is 9.84 Å². The molecule has 0 N–H and O–H groups in total. The van der Waals surface area contributed by atoms with Crippen molar-refractivity contribution in [1.29, 1.82) is 0 Å². The SMILES string of the molecule is COc1ccc(C(Cl)C2CCCCS2(=O)=O)c(OC)c1Cl. The highest BCUT2D eigenvalue weighted by Crippen LogP contribution is 2.44.